The van der Waals surface area contributed by atoms with Gasteiger partial charge >= 0.3 is 0 Å². The van der Waals surface area contributed by atoms with Crippen LogP contribution in [0.25, 0.3) is 22.3 Å². The molecule has 4 aromatic heterocycles. The van der Waals surface area contributed by atoms with E-state index in [1.54, 1.807) is 35.5 Å². The van der Waals surface area contributed by atoms with Gasteiger partial charge in [0.25, 0.3) is 5.56 Å². The highest BCUT2D eigenvalue weighted by atomic mass is 16.1. The van der Waals surface area contributed by atoms with Crippen LogP contribution in [-0.4, -0.2) is 72.1 Å². The molecule has 1 aliphatic rings. The van der Waals surface area contributed by atoms with Crippen molar-refractivity contribution in [2.24, 2.45) is 7.05 Å². The quantitative estimate of drug-likeness (QED) is 0.470. The van der Waals surface area contributed by atoms with Gasteiger partial charge in [0.1, 0.15) is 12.1 Å². The van der Waals surface area contributed by atoms with E-state index in [1.807, 2.05) is 25.4 Å². The van der Waals surface area contributed by atoms with Gasteiger partial charge in [-0.25, -0.2) is 14.6 Å². The fourth-order valence-corrected chi connectivity index (χ4v) is 3.90. The fraction of sp³-hybridized carbons (Fsp3) is 0.333. The van der Waals surface area contributed by atoms with Gasteiger partial charge in [0.05, 0.1) is 23.8 Å². The first-order valence-corrected chi connectivity index (χ1v) is 10.3. The average Bonchev–Trinajstić information content (AvgIpc) is 3.20. The van der Waals surface area contributed by atoms with Crippen LogP contribution in [0.1, 0.15) is 0 Å². The zero-order chi connectivity index (χ0) is 21.2. The molecule has 5 heterocycles. The lowest BCUT2D eigenvalue weighted by molar-refractivity contribution is 0.242. The molecule has 1 saturated heterocycles. The van der Waals surface area contributed by atoms with Crippen LogP contribution in [-0.2, 0) is 13.6 Å². The van der Waals surface area contributed by atoms with E-state index in [1.165, 1.54) is 4.68 Å². The summed E-state index contributed by atoms with van der Waals surface area (Å²) >= 11 is 0. The molecule has 0 amide bonds. The third kappa shape index (κ3) is 3.89. The molecule has 0 radical (unpaired) electrons. The molecule has 1 aliphatic heterocycles. The van der Waals surface area contributed by atoms with E-state index >= 15 is 0 Å². The molecule has 31 heavy (non-hydrogen) atoms. The maximum Gasteiger partial charge on any atom is 0.266 e. The van der Waals surface area contributed by atoms with Gasteiger partial charge in [-0.2, -0.15) is 10.2 Å². The molecule has 0 saturated carbocycles. The number of pyridine rings is 1. The van der Waals surface area contributed by atoms with Gasteiger partial charge in [-0.15, -0.1) is 0 Å². The van der Waals surface area contributed by atoms with Gasteiger partial charge in [-0.05, 0) is 18.2 Å². The largest absolute Gasteiger partial charge is 0.353 e. The Bertz CT molecular complexity index is 1240. The summed E-state index contributed by atoms with van der Waals surface area (Å²) in [5.74, 6) is 0.930. The zero-order valence-corrected chi connectivity index (χ0v) is 17.3. The van der Waals surface area contributed by atoms with Crippen molar-refractivity contribution in [3.8, 4) is 11.3 Å². The van der Waals surface area contributed by atoms with Crippen molar-refractivity contribution in [1.29, 1.82) is 0 Å². The van der Waals surface area contributed by atoms with E-state index < -0.39 is 0 Å². The third-order valence-corrected chi connectivity index (χ3v) is 5.63. The summed E-state index contributed by atoms with van der Waals surface area (Å²) < 4.78 is 3.30. The number of piperazine rings is 1. The Balaban J connectivity index is 1.23. The van der Waals surface area contributed by atoms with E-state index in [4.69, 9.17) is 0 Å². The number of anilines is 1. The van der Waals surface area contributed by atoms with Crippen LogP contribution >= 0.6 is 0 Å². The molecule has 1 fully saturated rings. The Morgan fingerprint density at radius 1 is 1.00 bits per heavy atom. The Labute approximate surface area is 178 Å². The minimum absolute atomic E-state index is 0.0915. The highest BCUT2D eigenvalue weighted by Gasteiger charge is 2.21. The van der Waals surface area contributed by atoms with E-state index in [-0.39, 0.29) is 5.56 Å². The topological polar surface area (TPSA) is 97.9 Å². The molecule has 4 aromatic rings. The van der Waals surface area contributed by atoms with Crippen LogP contribution in [0.3, 0.4) is 0 Å². The predicted molar refractivity (Wildman–Crippen MR) is 117 cm³/mol. The number of hydrogen-bond donors (Lipinski definition) is 0. The summed E-state index contributed by atoms with van der Waals surface area (Å²) in [4.78, 5) is 29.8. The number of aromatic nitrogens is 7. The fourth-order valence-electron chi connectivity index (χ4n) is 3.90. The van der Waals surface area contributed by atoms with Crippen LogP contribution in [0.2, 0.25) is 0 Å². The number of fused-ring (bicyclic) bond motifs is 1. The molecule has 0 N–H and O–H groups in total. The van der Waals surface area contributed by atoms with E-state index in [9.17, 15) is 4.79 Å². The number of nitrogens with zero attached hydrogens (tertiary/aromatic N) is 9. The predicted octanol–water partition coefficient (Wildman–Crippen LogP) is 0.804. The van der Waals surface area contributed by atoms with Gasteiger partial charge in [0, 0.05) is 63.8 Å². The zero-order valence-electron chi connectivity index (χ0n) is 17.3. The summed E-state index contributed by atoms with van der Waals surface area (Å²) in [5, 5.41) is 9.80. The summed E-state index contributed by atoms with van der Waals surface area (Å²) in [7, 11) is 1.89. The van der Waals surface area contributed by atoms with E-state index in [0.717, 1.165) is 60.8 Å². The van der Waals surface area contributed by atoms with Crippen molar-refractivity contribution in [1.82, 2.24) is 39.4 Å². The van der Waals surface area contributed by atoms with Gasteiger partial charge in [0.2, 0.25) is 0 Å². The van der Waals surface area contributed by atoms with Crippen LogP contribution in [0, 0.1) is 0 Å². The molecule has 5 rings (SSSR count). The molecule has 0 atom stereocenters. The molecule has 158 valence electrons. The van der Waals surface area contributed by atoms with Crippen molar-refractivity contribution in [3.63, 3.8) is 0 Å². The Kier molecular flexibility index (Phi) is 5.13. The summed E-state index contributed by atoms with van der Waals surface area (Å²) in [6, 6.07) is 7.12. The van der Waals surface area contributed by atoms with Crippen molar-refractivity contribution in [3.05, 3.63) is 59.5 Å². The molecule has 0 bridgehead atoms. The number of hydrogen-bond acceptors (Lipinski definition) is 8. The van der Waals surface area contributed by atoms with Crippen LogP contribution in [0.5, 0.6) is 0 Å². The first-order valence-electron chi connectivity index (χ1n) is 10.3. The lowest BCUT2D eigenvalue weighted by Crippen LogP contribution is -2.48. The first-order chi connectivity index (χ1) is 15.2. The lowest BCUT2D eigenvalue weighted by Gasteiger charge is -2.35. The average molecular weight is 417 g/mol. The number of rotatable bonds is 5. The normalized spacial score (nSPS) is 14.9. The molecular weight excluding hydrogens is 394 g/mol. The standard InChI is InChI=1S/C21H23N9O/c1-27-20-17(14-25-27)21(24-15-23-20)29-10-7-28(8-11-29)9-12-30-19(31)5-4-18(26-30)16-3-2-6-22-13-16/h2-6,13-15H,7-12H2,1H3. The second-order valence-electron chi connectivity index (χ2n) is 7.55. The van der Waals surface area contributed by atoms with Gasteiger partial charge in [0.15, 0.2) is 5.65 Å². The van der Waals surface area contributed by atoms with E-state index in [2.05, 4.69) is 34.9 Å². The van der Waals surface area contributed by atoms with Crippen molar-refractivity contribution < 1.29 is 0 Å². The van der Waals surface area contributed by atoms with Gasteiger partial charge in [-0.1, -0.05) is 0 Å². The Hall–Kier alpha value is -3.66. The monoisotopic (exact) mass is 417 g/mol. The van der Waals surface area contributed by atoms with Crippen molar-refractivity contribution in [2.45, 2.75) is 6.54 Å². The maximum atomic E-state index is 12.3. The van der Waals surface area contributed by atoms with Crippen LogP contribution < -0.4 is 10.5 Å². The highest BCUT2D eigenvalue weighted by Crippen LogP contribution is 2.23. The molecule has 10 nitrogen and oxygen atoms in total. The summed E-state index contributed by atoms with van der Waals surface area (Å²) in [6.45, 7) is 4.82. The van der Waals surface area contributed by atoms with Crippen LogP contribution in [0.15, 0.2) is 54.0 Å². The Morgan fingerprint density at radius 2 is 1.87 bits per heavy atom. The number of aryl methyl sites for hydroxylation is 1. The minimum atomic E-state index is -0.0915. The smallest absolute Gasteiger partial charge is 0.266 e. The summed E-state index contributed by atoms with van der Waals surface area (Å²) in [6.07, 6.45) is 6.89. The van der Waals surface area contributed by atoms with Crippen molar-refractivity contribution in [2.75, 3.05) is 37.6 Å². The Morgan fingerprint density at radius 3 is 2.68 bits per heavy atom. The van der Waals surface area contributed by atoms with E-state index in [0.29, 0.717) is 6.54 Å². The highest BCUT2D eigenvalue weighted by molar-refractivity contribution is 5.86. The van der Waals surface area contributed by atoms with Gasteiger partial charge in [-0.3, -0.25) is 19.4 Å². The lowest BCUT2D eigenvalue weighted by atomic mass is 10.2. The molecule has 10 heteroatoms. The SMILES string of the molecule is Cn1ncc2c(N3CCN(CCn4nc(-c5cccnc5)ccc4=O)CC3)ncnc21. The van der Waals surface area contributed by atoms with Gasteiger partial charge < -0.3 is 4.90 Å². The summed E-state index contributed by atoms with van der Waals surface area (Å²) in [5.41, 5.74) is 2.40. The minimum Gasteiger partial charge on any atom is -0.353 e. The second kappa shape index (κ2) is 8.23. The van der Waals surface area contributed by atoms with Crippen LogP contribution in [0.4, 0.5) is 5.82 Å². The molecule has 0 aliphatic carbocycles. The second-order valence-corrected chi connectivity index (χ2v) is 7.55. The molecule has 0 unspecified atom stereocenters. The molecule has 0 spiro atoms. The maximum absolute atomic E-state index is 12.3. The molecule has 0 aromatic carbocycles. The molecular formula is C21H23N9O. The van der Waals surface area contributed by atoms with Crippen molar-refractivity contribution >= 4 is 16.9 Å². The first kappa shape index (κ1) is 19.3. The third-order valence-electron chi connectivity index (χ3n) is 5.63.